The fraction of sp³-hybridized carbons (Fsp3) is 0.562. The lowest BCUT2D eigenvalue weighted by Crippen LogP contribution is -2.59. The summed E-state index contributed by atoms with van der Waals surface area (Å²) in [6.45, 7) is 15.0. The number of hydrogen-bond acceptors (Lipinski definition) is 10. The molecular weight excluding hydrogens is 560 g/mol. The van der Waals surface area contributed by atoms with Gasteiger partial charge in [0.05, 0.1) is 25.8 Å². The summed E-state index contributed by atoms with van der Waals surface area (Å²) in [5, 5.41) is 3.24. The molecule has 0 aliphatic carbocycles. The number of carbonyl (C=O) groups is 2. The Bertz CT molecular complexity index is 1330. The van der Waals surface area contributed by atoms with Gasteiger partial charge < -0.3 is 30.3 Å². The van der Waals surface area contributed by atoms with E-state index in [2.05, 4.69) is 48.7 Å². The number of primary amides is 1. The van der Waals surface area contributed by atoms with E-state index in [-0.39, 0.29) is 23.5 Å². The minimum Gasteiger partial charge on any atom is -0.471 e. The van der Waals surface area contributed by atoms with Crippen molar-refractivity contribution in [1.29, 1.82) is 0 Å². The summed E-state index contributed by atoms with van der Waals surface area (Å²) in [7, 11) is 0. The second-order valence-corrected chi connectivity index (χ2v) is 12.1. The number of carbonyl (C=O) groups excluding carboxylic acids is 2. The van der Waals surface area contributed by atoms with Crippen LogP contribution in [0.4, 0.5) is 17.2 Å². The lowest BCUT2D eigenvalue weighted by Gasteiger charge is -2.46. The number of ether oxygens (including phenoxy) is 2. The zero-order valence-corrected chi connectivity index (χ0v) is 25.6. The molecule has 1 atom stereocenters. The molecule has 5 heterocycles. The Balaban J connectivity index is 1.07. The molecular formula is C32H44N8O4. The number of nitrogens with zero attached hydrogens (tertiary/aromatic N) is 6. The first-order valence-corrected chi connectivity index (χ1v) is 15.9. The SMILES string of the molecule is C=CC(=O)N1CC[C@@H](Oc2nc(Nc3ccc(N4CCC(N5CCN(C6COC6)CC5)CC4)cc3)c(C(N)=O)nc2CC)C1. The van der Waals surface area contributed by atoms with Crippen LogP contribution in [0.5, 0.6) is 5.88 Å². The maximum absolute atomic E-state index is 12.3. The largest absolute Gasteiger partial charge is 0.471 e. The van der Waals surface area contributed by atoms with Gasteiger partial charge in [-0.2, -0.15) is 4.98 Å². The van der Waals surface area contributed by atoms with Crippen LogP contribution in [0.3, 0.4) is 0 Å². The van der Waals surface area contributed by atoms with Gasteiger partial charge in [0, 0.05) is 69.7 Å². The van der Waals surface area contributed by atoms with Crippen LogP contribution in [-0.2, 0) is 16.0 Å². The predicted molar refractivity (Wildman–Crippen MR) is 168 cm³/mol. The van der Waals surface area contributed by atoms with Crippen LogP contribution in [0.1, 0.15) is 42.4 Å². The van der Waals surface area contributed by atoms with Crippen LogP contribution in [-0.4, -0.2) is 120 Å². The van der Waals surface area contributed by atoms with E-state index in [1.54, 1.807) is 4.90 Å². The van der Waals surface area contributed by atoms with Gasteiger partial charge in [0.15, 0.2) is 11.5 Å². The molecule has 0 radical (unpaired) electrons. The van der Waals surface area contributed by atoms with E-state index in [4.69, 9.17) is 15.2 Å². The second kappa shape index (κ2) is 13.5. The third-order valence-corrected chi connectivity index (χ3v) is 9.37. The third kappa shape index (κ3) is 6.67. The summed E-state index contributed by atoms with van der Waals surface area (Å²) in [4.78, 5) is 42.9. The van der Waals surface area contributed by atoms with Crippen molar-refractivity contribution in [2.75, 3.05) is 75.8 Å². The molecule has 236 valence electrons. The molecule has 2 aromatic rings. The number of benzene rings is 1. The van der Waals surface area contributed by atoms with Gasteiger partial charge in [0.25, 0.3) is 5.91 Å². The van der Waals surface area contributed by atoms with Crippen molar-refractivity contribution in [3.63, 3.8) is 0 Å². The maximum Gasteiger partial charge on any atom is 0.271 e. The highest BCUT2D eigenvalue weighted by molar-refractivity contribution is 5.96. The molecule has 3 N–H and O–H groups in total. The molecule has 1 aromatic heterocycles. The lowest BCUT2D eigenvalue weighted by molar-refractivity contribution is -0.125. The van der Waals surface area contributed by atoms with E-state index >= 15 is 0 Å². The summed E-state index contributed by atoms with van der Waals surface area (Å²) in [6, 6.07) is 9.45. The molecule has 4 aliphatic heterocycles. The molecule has 0 saturated carbocycles. The Morgan fingerprint density at radius 1 is 1.00 bits per heavy atom. The zero-order chi connectivity index (χ0) is 30.6. The van der Waals surface area contributed by atoms with Crippen molar-refractivity contribution in [3.05, 3.63) is 48.3 Å². The Hall–Kier alpha value is -3.74. The molecule has 0 unspecified atom stereocenters. The van der Waals surface area contributed by atoms with Crippen molar-refractivity contribution >= 4 is 29.0 Å². The first kappa shape index (κ1) is 30.3. The number of nitrogens with one attached hydrogen (secondary N) is 1. The van der Waals surface area contributed by atoms with Gasteiger partial charge in [0.2, 0.25) is 11.8 Å². The van der Waals surface area contributed by atoms with Crippen molar-refractivity contribution in [3.8, 4) is 5.88 Å². The first-order valence-electron chi connectivity index (χ1n) is 15.9. The molecule has 2 amide bonds. The summed E-state index contributed by atoms with van der Waals surface area (Å²) in [5.74, 6) is -0.190. The standard InChI is InChI=1S/C32H44N8O4/c1-3-27-32(44-26-11-14-40(19-26)28(41)4-2)36-31(29(35-27)30(33)42)34-22-5-7-23(8-6-22)37-12-9-24(10-13-37)38-15-17-39(18-16-38)25-20-43-21-25/h4-8,24-26H,2-3,9-21H2,1H3,(H2,33,42)(H,34,36)/t26-/m1/s1. The molecule has 12 nitrogen and oxygen atoms in total. The molecule has 0 spiro atoms. The van der Waals surface area contributed by atoms with E-state index in [9.17, 15) is 9.59 Å². The highest BCUT2D eigenvalue weighted by Gasteiger charge is 2.32. The summed E-state index contributed by atoms with van der Waals surface area (Å²) in [6.07, 6.45) is 4.61. The van der Waals surface area contributed by atoms with E-state index in [1.807, 2.05) is 19.1 Å². The number of likely N-dealkylation sites (tertiary alicyclic amines) is 1. The van der Waals surface area contributed by atoms with Gasteiger partial charge in [-0.1, -0.05) is 13.5 Å². The molecule has 0 bridgehead atoms. The van der Waals surface area contributed by atoms with E-state index in [0.717, 1.165) is 71.0 Å². The maximum atomic E-state index is 12.3. The average Bonchev–Trinajstić information content (AvgIpc) is 3.49. The lowest BCUT2D eigenvalue weighted by atomic mass is 10.0. The molecule has 12 heteroatoms. The fourth-order valence-electron chi connectivity index (χ4n) is 6.63. The predicted octanol–water partition coefficient (Wildman–Crippen LogP) is 2.03. The van der Waals surface area contributed by atoms with Crippen LogP contribution in [0.15, 0.2) is 36.9 Å². The van der Waals surface area contributed by atoms with Gasteiger partial charge in [-0.25, -0.2) is 4.98 Å². The average molecular weight is 605 g/mol. The fourth-order valence-corrected chi connectivity index (χ4v) is 6.63. The zero-order valence-electron chi connectivity index (χ0n) is 25.6. The molecule has 6 rings (SSSR count). The van der Waals surface area contributed by atoms with Crippen LogP contribution in [0, 0.1) is 0 Å². The minimum absolute atomic E-state index is 0.0667. The summed E-state index contributed by atoms with van der Waals surface area (Å²) in [5.41, 5.74) is 8.26. The summed E-state index contributed by atoms with van der Waals surface area (Å²) < 4.78 is 11.6. The van der Waals surface area contributed by atoms with E-state index < -0.39 is 5.91 Å². The van der Waals surface area contributed by atoms with Crippen molar-refractivity contribution in [2.45, 2.75) is 50.8 Å². The number of amides is 2. The first-order chi connectivity index (χ1) is 21.4. The Morgan fingerprint density at radius 3 is 2.27 bits per heavy atom. The smallest absolute Gasteiger partial charge is 0.271 e. The minimum atomic E-state index is -0.664. The van der Waals surface area contributed by atoms with E-state index in [0.29, 0.717) is 49.6 Å². The number of nitrogens with two attached hydrogens (primary N) is 1. The van der Waals surface area contributed by atoms with Gasteiger partial charge in [0.1, 0.15) is 11.8 Å². The molecule has 4 fully saturated rings. The Morgan fingerprint density at radius 2 is 1.68 bits per heavy atom. The highest BCUT2D eigenvalue weighted by atomic mass is 16.5. The normalized spacial score (nSPS) is 22.1. The molecule has 4 aliphatic rings. The van der Waals surface area contributed by atoms with Gasteiger partial charge in [-0.3, -0.25) is 19.4 Å². The van der Waals surface area contributed by atoms with Gasteiger partial charge in [-0.05, 0) is 49.6 Å². The van der Waals surface area contributed by atoms with Gasteiger partial charge in [-0.15, -0.1) is 0 Å². The van der Waals surface area contributed by atoms with Crippen molar-refractivity contribution in [1.82, 2.24) is 24.7 Å². The quantitative estimate of drug-likeness (QED) is 0.389. The van der Waals surface area contributed by atoms with E-state index in [1.165, 1.54) is 11.8 Å². The monoisotopic (exact) mass is 604 g/mol. The van der Waals surface area contributed by atoms with Crippen LogP contribution in [0.2, 0.25) is 0 Å². The molecule has 4 saturated heterocycles. The molecule has 1 aromatic carbocycles. The molecule has 44 heavy (non-hydrogen) atoms. The Labute approximate surface area is 259 Å². The van der Waals surface area contributed by atoms with Crippen LogP contribution in [0.25, 0.3) is 0 Å². The number of hydrogen-bond donors (Lipinski definition) is 2. The number of piperazine rings is 1. The number of piperidine rings is 1. The van der Waals surface area contributed by atoms with Gasteiger partial charge >= 0.3 is 0 Å². The Kier molecular flexibility index (Phi) is 9.29. The summed E-state index contributed by atoms with van der Waals surface area (Å²) >= 11 is 0. The topological polar surface area (TPSA) is 129 Å². The highest BCUT2D eigenvalue weighted by Crippen LogP contribution is 2.29. The third-order valence-electron chi connectivity index (χ3n) is 9.37. The van der Waals surface area contributed by atoms with Crippen molar-refractivity contribution in [2.24, 2.45) is 5.73 Å². The van der Waals surface area contributed by atoms with Crippen molar-refractivity contribution < 1.29 is 19.1 Å². The number of aromatic nitrogens is 2. The van der Waals surface area contributed by atoms with Crippen LogP contribution < -0.4 is 20.7 Å². The number of aryl methyl sites for hydroxylation is 1. The number of rotatable bonds is 10. The second-order valence-electron chi connectivity index (χ2n) is 12.1. The van der Waals surface area contributed by atoms with Crippen LogP contribution >= 0.6 is 0 Å². The number of anilines is 3.